The Labute approximate surface area is 172 Å². The van der Waals surface area contributed by atoms with Crippen LogP contribution in [-0.2, 0) is 22.8 Å². The van der Waals surface area contributed by atoms with Gasteiger partial charge in [0.05, 0.1) is 0 Å². The van der Waals surface area contributed by atoms with Crippen molar-refractivity contribution in [1.82, 2.24) is 0 Å². The summed E-state index contributed by atoms with van der Waals surface area (Å²) < 4.78 is 3.60. The minimum Gasteiger partial charge on any atom is -1.00 e. The van der Waals surface area contributed by atoms with Crippen molar-refractivity contribution in [1.29, 1.82) is 0 Å². The molecule has 0 amide bonds. The van der Waals surface area contributed by atoms with Crippen LogP contribution in [0.25, 0.3) is 0 Å². The molecule has 0 saturated heterocycles. The Hall–Kier alpha value is 0.293. The Morgan fingerprint density at radius 3 is 2.00 bits per heavy atom. The van der Waals surface area contributed by atoms with Crippen LogP contribution in [-0.4, -0.2) is 3.21 Å². The van der Waals surface area contributed by atoms with Crippen LogP contribution in [0, 0.1) is 5.41 Å². The van der Waals surface area contributed by atoms with E-state index in [1.165, 1.54) is 25.7 Å². The normalized spacial score (nSPS) is 22.2. The van der Waals surface area contributed by atoms with E-state index in [-0.39, 0.29) is 24.8 Å². The SMILES string of the molecule is CCC1=C(CC)C(CC)(C2=CC=CC2)[C]([Zr+2]=[C](C)C)=C1CC.[Cl-].[Cl-]. The van der Waals surface area contributed by atoms with E-state index in [0.29, 0.717) is 5.41 Å². The van der Waals surface area contributed by atoms with Gasteiger partial charge in [-0.05, 0) is 0 Å². The van der Waals surface area contributed by atoms with Gasteiger partial charge in [0.2, 0.25) is 0 Å². The van der Waals surface area contributed by atoms with Crippen LogP contribution in [0.15, 0.2) is 43.8 Å². The van der Waals surface area contributed by atoms with E-state index in [9.17, 15) is 0 Å². The minimum atomic E-state index is -0.605. The second-order valence-corrected chi connectivity index (χ2v) is 10.9. The Bertz CT molecular complexity index is 601. The first-order valence-electron chi connectivity index (χ1n) is 8.96. The molecule has 3 heteroatoms. The zero-order valence-electron chi connectivity index (χ0n) is 16.0. The zero-order valence-corrected chi connectivity index (χ0v) is 20.0. The van der Waals surface area contributed by atoms with Gasteiger partial charge in [-0.25, -0.2) is 0 Å². The number of hydrogen-bond donors (Lipinski definition) is 0. The fourth-order valence-corrected chi connectivity index (χ4v) is 8.63. The van der Waals surface area contributed by atoms with Crippen molar-refractivity contribution in [3.05, 3.63) is 43.8 Å². The third kappa shape index (κ3) is 4.00. The smallest absolute Gasteiger partial charge is 1.00 e. The van der Waals surface area contributed by atoms with Crippen LogP contribution in [0.4, 0.5) is 0 Å². The van der Waals surface area contributed by atoms with E-state index in [1.54, 1.807) is 25.5 Å². The van der Waals surface area contributed by atoms with E-state index < -0.39 is 22.8 Å². The Kier molecular flexibility index (Phi) is 10.6. The van der Waals surface area contributed by atoms with E-state index in [2.05, 4.69) is 59.8 Å². The molecule has 0 heterocycles. The van der Waals surface area contributed by atoms with E-state index in [4.69, 9.17) is 0 Å². The van der Waals surface area contributed by atoms with Crippen LogP contribution < -0.4 is 24.8 Å². The molecule has 1 atom stereocenters. The molecular formula is C21H31Cl2Zr. The second kappa shape index (κ2) is 10.4. The van der Waals surface area contributed by atoms with Gasteiger partial charge in [-0.2, -0.15) is 0 Å². The van der Waals surface area contributed by atoms with Crippen LogP contribution in [0.2, 0.25) is 0 Å². The maximum absolute atomic E-state index is 2.43. The summed E-state index contributed by atoms with van der Waals surface area (Å²) in [7, 11) is 0. The Morgan fingerprint density at radius 2 is 1.62 bits per heavy atom. The molecule has 0 radical (unpaired) electrons. The fraction of sp³-hybridized carbons (Fsp3) is 0.571. The van der Waals surface area contributed by atoms with E-state index in [1.807, 2.05) is 3.28 Å². The van der Waals surface area contributed by atoms with Gasteiger partial charge in [-0.1, -0.05) is 0 Å². The molecule has 1 unspecified atom stereocenters. The summed E-state index contributed by atoms with van der Waals surface area (Å²) in [5, 5.41) is 0. The molecule has 0 aromatic heterocycles. The maximum atomic E-state index is 2.43. The molecule has 0 spiro atoms. The van der Waals surface area contributed by atoms with Gasteiger partial charge in [0.1, 0.15) is 0 Å². The summed E-state index contributed by atoms with van der Waals surface area (Å²) in [5.41, 5.74) is 7.21. The molecular weight excluding hydrogens is 414 g/mol. The number of hydrogen-bond acceptors (Lipinski definition) is 0. The average molecular weight is 446 g/mol. The largest absolute Gasteiger partial charge is 1.00 e. The van der Waals surface area contributed by atoms with Gasteiger partial charge in [0.15, 0.2) is 0 Å². The molecule has 0 N–H and O–H groups in total. The van der Waals surface area contributed by atoms with Crippen molar-refractivity contribution < 1.29 is 47.6 Å². The monoisotopic (exact) mass is 443 g/mol. The second-order valence-electron chi connectivity index (χ2n) is 6.58. The van der Waals surface area contributed by atoms with Crippen molar-refractivity contribution in [3.8, 4) is 0 Å². The van der Waals surface area contributed by atoms with Gasteiger partial charge in [0, 0.05) is 0 Å². The predicted octanol–water partition coefficient (Wildman–Crippen LogP) is 0.366. The zero-order chi connectivity index (χ0) is 16.3. The average Bonchev–Trinajstić information content (AvgIpc) is 3.11. The summed E-state index contributed by atoms with van der Waals surface area (Å²) in [5.74, 6) is 0. The van der Waals surface area contributed by atoms with Crippen molar-refractivity contribution in [2.75, 3.05) is 0 Å². The molecule has 24 heavy (non-hydrogen) atoms. The van der Waals surface area contributed by atoms with Gasteiger partial charge in [-0.15, -0.1) is 0 Å². The van der Waals surface area contributed by atoms with Crippen molar-refractivity contribution in [2.24, 2.45) is 5.41 Å². The molecule has 0 bridgehead atoms. The molecule has 0 aromatic rings. The molecule has 0 aliphatic heterocycles. The quantitative estimate of drug-likeness (QED) is 0.554. The van der Waals surface area contributed by atoms with Crippen molar-refractivity contribution in [3.63, 3.8) is 0 Å². The minimum absolute atomic E-state index is 0. The van der Waals surface area contributed by atoms with Crippen LogP contribution in [0.5, 0.6) is 0 Å². The predicted molar refractivity (Wildman–Crippen MR) is 95.8 cm³/mol. The Morgan fingerprint density at radius 1 is 1.00 bits per heavy atom. The fourth-order valence-electron chi connectivity index (χ4n) is 4.50. The molecule has 0 aromatic carbocycles. The van der Waals surface area contributed by atoms with Crippen LogP contribution in [0.1, 0.15) is 73.6 Å². The third-order valence-corrected chi connectivity index (χ3v) is 8.89. The molecule has 2 rings (SSSR count). The van der Waals surface area contributed by atoms with E-state index >= 15 is 0 Å². The van der Waals surface area contributed by atoms with Crippen LogP contribution >= 0.6 is 0 Å². The number of halogens is 2. The first-order chi connectivity index (χ1) is 10.6. The topological polar surface area (TPSA) is 0 Å². The van der Waals surface area contributed by atoms with Gasteiger partial charge >= 0.3 is 149 Å². The first-order valence-corrected chi connectivity index (χ1v) is 11.4. The summed E-state index contributed by atoms with van der Waals surface area (Å²) in [6.07, 6.45) is 13.1. The van der Waals surface area contributed by atoms with Gasteiger partial charge < -0.3 is 24.8 Å². The van der Waals surface area contributed by atoms with Gasteiger partial charge in [0.25, 0.3) is 0 Å². The summed E-state index contributed by atoms with van der Waals surface area (Å²) in [6, 6.07) is 0. The Balaban J connectivity index is 0.00000264. The molecule has 2 aliphatic carbocycles. The van der Waals surface area contributed by atoms with Crippen molar-refractivity contribution >= 4 is 3.21 Å². The molecule has 0 nitrogen and oxygen atoms in total. The standard InChI is InChI=1S/C18H25.C3H6.2ClH.Zr/c1-5-14-13-18(8-4,15-11-9-10-12-15)17(7-3)16(14)6-2;1-3-2;;;/h9-11H,5-8,12H2,1-4H3;1-2H3;2*1H;/q;;;;+2/p-2. The third-order valence-electron chi connectivity index (χ3n) is 5.26. The summed E-state index contributed by atoms with van der Waals surface area (Å²) >= 11 is -0.605. The number of allylic oxidation sites excluding steroid dienone is 8. The molecule has 0 saturated carbocycles. The maximum Gasteiger partial charge on any atom is -1.00 e. The molecule has 133 valence electrons. The number of rotatable bonds is 6. The molecule has 2 aliphatic rings. The first kappa shape index (κ1) is 24.3. The molecule has 0 fully saturated rings. The van der Waals surface area contributed by atoms with Gasteiger partial charge in [-0.3, -0.25) is 0 Å². The summed E-state index contributed by atoms with van der Waals surface area (Å²) in [6.45, 7) is 14.3. The van der Waals surface area contributed by atoms with E-state index in [0.717, 1.165) is 6.42 Å². The van der Waals surface area contributed by atoms with Crippen LogP contribution in [0.3, 0.4) is 0 Å². The summed E-state index contributed by atoms with van der Waals surface area (Å²) in [4.78, 5) is 0. The van der Waals surface area contributed by atoms with Crippen molar-refractivity contribution in [2.45, 2.75) is 73.6 Å².